The van der Waals surface area contributed by atoms with Gasteiger partial charge in [0.25, 0.3) is 5.91 Å². The van der Waals surface area contributed by atoms with Crippen LogP contribution in [0.3, 0.4) is 0 Å². The summed E-state index contributed by atoms with van der Waals surface area (Å²) in [6.07, 6.45) is 16.8. The Morgan fingerprint density at radius 3 is 2.46 bits per heavy atom. The lowest BCUT2D eigenvalue weighted by Gasteiger charge is -2.39. The van der Waals surface area contributed by atoms with Crippen molar-refractivity contribution in [2.45, 2.75) is 109 Å². The van der Waals surface area contributed by atoms with Gasteiger partial charge in [-0.05, 0) is 101 Å². The molecule has 3 saturated heterocycles. The number of carbonyl (C=O) groups is 1. The first-order chi connectivity index (χ1) is 34.2. The lowest BCUT2D eigenvalue weighted by molar-refractivity contribution is 0.0992. The number of piperazine rings is 1. The summed E-state index contributed by atoms with van der Waals surface area (Å²) in [6.45, 7) is 12.7. The zero-order valence-corrected chi connectivity index (χ0v) is 41.3. The minimum absolute atomic E-state index is 0.00979. The number of nitrogens with zero attached hydrogens (tertiary/aromatic N) is 11. The first-order valence-electron chi connectivity index (χ1n) is 25.5. The van der Waals surface area contributed by atoms with E-state index in [-0.39, 0.29) is 30.4 Å². The average molecular weight is 975 g/mol. The number of nitriles is 1. The van der Waals surface area contributed by atoms with Crippen molar-refractivity contribution in [2.24, 2.45) is 11.7 Å². The summed E-state index contributed by atoms with van der Waals surface area (Å²) in [5.41, 5.74) is 10.2. The summed E-state index contributed by atoms with van der Waals surface area (Å²) in [7, 11) is 0. The highest BCUT2D eigenvalue weighted by atomic mass is 35.5. The molecule has 1 aliphatic carbocycles. The number of ether oxygens (including phenoxy) is 2. The normalized spacial score (nSPS) is 20.6. The van der Waals surface area contributed by atoms with Gasteiger partial charge in [0.2, 0.25) is 5.88 Å². The number of nitrogens with two attached hydrogens (primary N) is 1. The third kappa shape index (κ3) is 12.0. The van der Waals surface area contributed by atoms with E-state index in [1.165, 1.54) is 6.42 Å². The summed E-state index contributed by atoms with van der Waals surface area (Å²) >= 11 is 6.23. The molecule has 4 aromatic heterocycles. The summed E-state index contributed by atoms with van der Waals surface area (Å²) in [4.78, 5) is 41.6. The van der Waals surface area contributed by atoms with Gasteiger partial charge in [0.05, 0.1) is 41.4 Å². The SMILES string of the molecule is CCc1cnn2c(NCc3ccc(OCCCN4CCN(CC5CCN(c6cnc(C(N)=O)c(C7CCC(Oc8ccc(C#N)c(Cl)c8)CC7)n6)CC5)CC4)nc3)cc(N3CCCC[C@@H]3CCO)nc12. The Morgan fingerprint density at radius 2 is 1.73 bits per heavy atom. The monoisotopic (exact) mass is 974 g/mol. The number of anilines is 3. The number of pyridine rings is 1. The van der Waals surface area contributed by atoms with Gasteiger partial charge in [-0.25, -0.2) is 19.9 Å². The number of halogens is 1. The van der Waals surface area contributed by atoms with Gasteiger partial charge in [0.15, 0.2) is 5.65 Å². The van der Waals surface area contributed by atoms with Crippen LogP contribution in [0.5, 0.6) is 11.6 Å². The molecule has 18 heteroatoms. The second kappa shape index (κ2) is 23.4. The Bertz CT molecular complexity index is 2560. The Labute approximate surface area is 416 Å². The number of rotatable bonds is 19. The Morgan fingerprint density at radius 1 is 0.914 bits per heavy atom. The second-order valence-electron chi connectivity index (χ2n) is 19.4. The smallest absolute Gasteiger partial charge is 0.269 e. The van der Waals surface area contributed by atoms with Crippen LogP contribution in [0.25, 0.3) is 5.65 Å². The zero-order valence-electron chi connectivity index (χ0n) is 40.5. The van der Waals surface area contributed by atoms with Gasteiger partial charge in [-0.3, -0.25) is 4.79 Å². The van der Waals surface area contributed by atoms with Gasteiger partial charge in [0, 0.05) is 114 Å². The van der Waals surface area contributed by atoms with Crippen LogP contribution in [0.2, 0.25) is 5.02 Å². The highest BCUT2D eigenvalue weighted by Gasteiger charge is 2.31. The van der Waals surface area contributed by atoms with Crippen molar-refractivity contribution in [3.8, 4) is 17.7 Å². The fourth-order valence-electron chi connectivity index (χ4n) is 10.8. The number of hydrogen-bond acceptors (Lipinski definition) is 15. The van der Waals surface area contributed by atoms with Crippen molar-refractivity contribution in [1.82, 2.24) is 39.3 Å². The van der Waals surface area contributed by atoms with Crippen molar-refractivity contribution in [3.05, 3.63) is 88.1 Å². The summed E-state index contributed by atoms with van der Waals surface area (Å²) in [5, 5.41) is 27.6. The van der Waals surface area contributed by atoms with Gasteiger partial charge in [-0.2, -0.15) is 14.9 Å². The average Bonchev–Trinajstić information content (AvgIpc) is 3.82. The molecule has 3 aliphatic heterocycles. The molecular weight excluding hydrogens is 906 g/mol. The molecule has 0 spiro atoms. The maximum absolute atomic E-state index is 12.5. The van der Waals surface area contributed by atoms with Gasteiger partial charge < -0.3 is 45.2 Å². The van der Waals surface area contributed by atoms with E-state index in [0.717, 1.165) is 164 Å². The number of nitrogens with one attached hydrogen (secondary N) is 1. The second-order valence-corrected chi connectivity index (χ2v) is 19.8. The van der Waals surface area contributed by atoms with Crippen molar-refractivity contribution < 1.29 is 19.4 Å². The molecule has 4 aliphatic rings. The molecule has 1 amide bonds. The van der Waals surface area contributed by atoms with Crippen molar-refractivity contribution in [3.63, 3.8) is 0 Å². The van der Waals surface area contributed by atoms with Crippen LogP contribution in [0, 0.1) is 17.2 Å². The molecule has 1 saturated carbocycles. The molecule has 9 rings (SSSR count). The number of carbonyl (C=O) groups excluding carboxylic acids is 1. The number of aliphatic hydroxyl groups is 1. The maximum atomic E-state index is 12.5. The van der Waals surface area contributed by atoms with E-state index in [1.807, 2.05) is 23.0 Å². The maximum Gasteiger partial charge on any atom is 0.269 e. The fraction of sp³-hybridized carbons (Fsp3) is 0.558. The van der Waals surface area contributed by atoms with Crippen LogP contribution >= 0.6 is 11.6 Å². The van der Waals surface area contributed by atoms with E-state index >= 15 is 0 Å². The van der Waals surface area contributed by atoms with Crippen LogP contribution in [-0.4, -0.2) is 135 Å². The third-order valence-corrected chi connectivity index (χ3v) is 15.1. The number of piperidine rings is 2. The first kappa shape index (κ1) is 49.2. The number of aliphatic hydroxyl groups excluding tert-OH is 1. The molecule has 1 aromatic carbocycles. The molecule has 7 heterocycles. The lowest BCUT2D eigenvalue weighted by atomic mass is 9.84. The number of fused-ring (bicyclic) bond motifs is 1. The Balaban J connectivity index is 0.677. The van der Waals surface area contributed by atoms with Crippen LogP contribution in [0.15, 0.2) is 55.0 Å². The number of hydrogen-bond donors (Lipinski definition) is 3. The summed E-state index contributed by atoms with van der Waals surface area (Å²) in [6, 6.07) is 13.6. The fourth-order valence-corrected chi connectivity index (χ4v) is 11.0. The topological polar surface area (TPSA) is 199 Å². The largest absolute Gasteiger partial charge is 0.490 e. The third-order valence-electron chi connectivity index (χ3n) is 14.8. The van der Waals surface area contributed by atoms with Gasteiger partial charge >= 0.3 is 0 Å². The number of primary amides is 1. The molecular formula is C52H68ClN13O4. The van der Waals surface area contributed by atoms with E-state index in [1.54, 1.807) is 24.4 Å². The molecule has 70 heavy (non-hydrogen) atoms. The number of amides is 1. The van der Waals surface area contributed by atoms with E-state index < -0.39 is 5.91 Å². The van der Waals surface area contributed by atoms with E-state index in [9.17, 15) is 15.2 Å². The van der Waals surface area contributed by atoms with E-state index in [0.29, 0.717) is 47.0 Å². The molecule has 0 radical (unpaired) electrons. The minimum atomic E-state index is -0.545. The van der Waals surface area contributed by atoms with Gasteiger partial charge in [-0.1, -0.05) is 24.6 Å². The number of aromatic nitrogens is 6. The molecule has 4 fully saturated rings. The van der Waals surface area contributed by atoms with Crippen LogP contribution in [-0.2, 0) is 13.0 Å². The van der Waals surface area contributed by atoms with Crippen LogP contribution < -0.4 is 30.3 Å². The number of benzene rings is 1. The van der Waals surface area contributed by atoms with Crippen molar-refractivity contribution >= 4 is 40.6 Å². The lowest BCUT2D eigenvalue weighted by Crippen LogP contribution is -2.49. The molecule has 0 unspecified atom stereocenters. The van der Waals surface area contributed by atoms with E-state index in [4.69, 9.17) is 36.8 Å². The first-order valence-corrected chi connectivity index (χ1v) is 25.9. The Kier molecular flexibility index (Phi) is 16.5. The van der Waals surface area contributed by atoms with Gasteiger partial charge in [-0.15, -0.1) is 0 Å². The quantitative estimate of drug-likeness (QED) is 0.0725. The molecule has 4 N–H and O–H groups in total. The zero-order chi connectivity index (χ0) is 48.4. The predicted molar refractivity (Wildman–Crippen MR) is 271 cm³/mol. The van der Waals surface area contributed by atoms with Crippen LogP contribution in [0.4, 0.5) is 17.5 Å². The molecule has 5 aromatic rings. The molecule has 372 valence electrons. The molecule has 17 nitrogen and oxygen atoms in total. The minimum Gasteiger partial charge on any atom is -0.490 e. The highest BCUT2D eigenvalue weighted by molar-refractivity contribution is 6.31. The van der Waals surface area contributed by atoms with Gasteiger partial charge in [0.1, 0.15) is 35.0 Å². The molecule has 1 atom stereocenters. The molecule has 0 bridgehead atoms. The summed E-state index contributed by atoms with van der Waals surface area (Å²) in [5.74, 6) is 4.09. The van der Waals surface area contributed by atoms with Crippen molar-refractivity contribution in [1.29, 1.82) is 5.26 Å². The summed E-state index contributed by atoms with van der Waals surface area (Å²) < 4.78 is 14.2. The predicted octanol–water partition coefficient (Wildman–Crippen LogP) is 6.86. The van der Waals surface area contributed by atoms with Crippen molar-refractivity contribution in [2.75, 3.05) is 87.2 Å². The van der Waals surface area contributed by atoms with Crippen LogP contribution in [0.1, 0.15) is 116 Å². The Hall–Kier alpha value is -5.80. The standard InChI is InChI=1S/C52H68ClN13O4/c1-2-38-33-59-66-45(29-46(61-52(38)66)65-19-4-3-6-41(65)17-26-67)56-31-37-7-14-48(57-32-37)69-27-5-18-62-22-24-63(25-23-62)35-36-15-20-64(21-16-36)47-34-58-50(51(55)68)49(60-47)39-8-11-42(12-9-39)70-43-13-10-40(30-54)44(53)28-43/h7,10,13-14,28-29,32-34,36,39,41-42,56,67H,2-6,8-9,11-12,15-27,31,35H2,1H3,(H2,55,68)/t39?,41-,42?/m1/s1. The highest BCUT2D eigenvalue weighted by Crippen LogP contribution is 2.37. The number of aryl methyl sites for hydroxylation is 1. The van der Waals surface area contributed by atoms with E-state index in [2.05, 4.69) is 65.1 Å².